The standard InChI is InChI=1S/C7H8O.C2H4.CH4/c8-6-7-4-2-1-3-5-7;1-2;/h1-5,8H,6H2;1-2H2;1H4. The average Bonchev–Trinajstić information content (AvgIpc) is 2.10. The van der Waals surface area contributed by atoms with E-state index in [-0.39, 0.29) is 14.0 Å². The first kappa shape index (κ1) is 12.6. The molecule has 0 aliphatic carbocycles. The fourth-order valence-corrected chi connectivity index (χ4v) is 0.583. The number of aliphatic hydroxyl groups excluding tert-OH is 1. The Morgan fingerprint density at radius 2 is 1.55 bits per heavy atom. The molecule has 0 heterocycles. The maximum absolute atomic E-state index is 8.54. The Bertz CT molecular complexity index is 158. The van der Waals surface area contributed by atoms with Gasteiger partial charge in [0.1, 0.15) is 0 Å². The van der Waals surface area contributed by atoms with Gasteiger partial charge in [-0.3, -0.25) is 0 Å². The molecular weight excluding hydrogens is 136 g/mol. The maximum Gasteiger partial charge on any atom is 0.0681 e. The SMILES string of the molecule is C.C=C.OCc1ccccc1. The molecule has 0 fully saturated rings. The molecule has 0 atom stereocenters. The quantitative estimate of drug-likeness (QED) is 0.613. The molecule has 0 aliphatic heterocycles. The van der Waals surface area contributed by atoms with E-state index in [1.807, 2.05) is 30.3 Å². The van der Waals surface area contributed by atoms with E-state index in [9.17, 15) is 0 Å². The van der Waals surface area contributed by atoms with Crippen LogP contribution in [0.5, 0.6) is 0 Å². The van der Waals surface area contributed by atoms with E-state index in [0.717, 1.165) is 5.56 Å². The molecule has 11 heavy (non-hydrogen) atoms. The van der Waals surface area contributed by atoms with Crippen LogP contribution < -0.4 is 0 Å². The second-order valence-corrected chi connectivity index (χ2v) is 1.64. The molecule has 0 aliphatic rings. The third-order valence-corrected chi connectivity index (χ3v) is 1.03. The zero-order valence-electron chi connectivity index (χ0n) is 5.96. The Kier molecular flexibility index (Phi) is 10.2. The molecule has 0 saturated heterocycles. The summed E-state index contributed by atoms with van der Waals surface area (Å²) < 4.78 is 0. The van der Waals surface area contributed by atoms with Crippen molar-refractivity contribution in [3.63, 3.8) is 0 Å². The molecule has 0 unspecified atom stereocenters. The molecule has 62 valence electrons. The molecule has 1 nitrogen and oxygen atoms in total. The summed E-state index contributed by atoms with van der Waals surface area (Å²) in [6.45, 7) is 6.14. The molecule has 1 rings (SSSR count). The number of hydrogen-bond donors (Lipinski definition) is 1. The lowest BCUT2D eigenvalue weighted by Gasteiger charge is -1.89. The molecular formula is C10H16O. The molecule has 0 saturated carbocycles. The molecule has 1 N–H and O–H groups in total. The summed E-state index contributed by atoms with van der Waals surface area (Å²) in [6.07, 6.45) is 0. The summed E-state index contributed by atoms with van der Waals surface area (Å²) in [5, 5.41) is 8.54. The van der Waals surface area contributed by atoms with Gasteiger partial charge in [0.15, 0.2) is 0 Å². The van der Waals surface area contributed by atoms with E-state index in [0.29, 0.717) is 0 Å². The molecule has 1 aromatic rings. The van der Waals surface area contributed by atoms with Crippen molar-refractivity contribution in [2.24, 2.45) is 0 Å². The first-order valence-corrected chi connectivity index (χ1v) is 3.08. The third-order valence-electron chi connectivity index (χ3n) is 1.03. The minimum absolute atomic E-state index is 0. The minimum Gasteiger partial charge on any atom is -0.392 e. The van der Waals surface area contributed by atoms with Crippen molar-refractivity contribution >= 4 is 0 Å². The molecule has 1 heteroatoms. The van der Waals surface area contributed by atoms with Crippen molar-refractivity contribution in [3.8, 4) is 0 Å². The van der Waals surface area contributed by atoms with Gasteiger partial charge in [0.25, 0.3) is 0 Å². The zero-order valence-corrected chi connectivity index (χ0v) is 5.96. The van der Waals surface area contributed by atoms with Crippen LogP contribution in [-0.4, -0.2) is 5.11 Å². The highest BCUT2D eigenvalue weighted by Crippen LogP contribution is 1.95. The summed E-state index contributed by atoms with van der Waals surface area (Å²) in [7, 11) is 0. The van der Waals surface area contributed by atoms with Gasteiger partial charge in [-0.15, -0.1) is 13.2 Å². The van der Waals surface area contributed by atoms with E-state index in [2.05, 4.69) is 13.2 Å². The van der Waals surface area contributed by atoms with Crippen molar-refractivity contribution in [2.75, 3.05) is 0 Å². The highest BCUT2D eigenvalue weighted by Gasteiger charge is 1.81. The maximum atomic E-state index is 8.54. The number of hydrogen-bond acceptors (Lipinski definition) is 1. The number of rotatable bonds is 1. The Morgan fingerprint density at radius 1 is 1.09 bits per heavy atom. The normalized spacial score (nSPS) is 7.00. The summed E-state index contributed by atoms with van der Waals surface area (Å²) in [5.41, 5.74) is 0.965. The van der Waals surface area contributed by atoms with Crippen LogP contribution in [0.25, 0.3) is 0 Å². The first-order chi connectivity index (χ1) is 4.93. The van der Waals surface area contributed by atoms with Crippen LogP contribution >= 0.6 is 0 Å². The highest BCUT2D eigenvalue weighted by molar-refractivity contribution is 5.12. The monoisotopic (exact) mass is 152 g/mol. The van der Waals surface area contributed by atoms with Crippen LogP contribution in [0.4, 0.5) is 0 Å². The lowest BCUT2D eigenvalue weighted by molar-refractivity contribution is 0.282. The predicted molar refractivity (Wildman–Crippen MR) is 50.3 cm³/mol. The van der Waals surface area contributed by atoms with Crippen LogP contribution in [-0.2, 0) is 6.61 Å². The molecule has 0 radical (unpaired) electrons. The minimum atomic E-state index is 0. The third kappa shape index (κ3) is 5.37. The van der Waals surface area contributed by atoms with Gasteiger partial charge in [-0.2, -0.15) is 0 Å². The zero-order chi connectivity index (χ0) is 7.82. The number of aliphatic hydroxyl groups is 1. The summed E-state index contributed by atoms with van der Waals surface area (Å²) in [4.78, 5) is 0. The molecule has 0 aromatic heterocycles. The van der Waals surface area contributed by atoms with Gasteiger partial charge in [-0.25, -0.2) is 0 Å². The second-order valence-electron chi connectivity index (χ2n) is 1.64. The molecule has 0 amide bonds. The van der Waals surface area contributed by atoms with Crippen molar-refractivity contribution in [1.29, 1.82) is 0 Å². The van der Waals surface area contributed by atoms with E-state index in [1.54, 1.807) is 0 Å². The Hall–Kier alpha value is -1.08. The van der Waals surface area contributed by atoms with Crippen LogP contribution in [0.15, 0.2) is 43.5 Å². The van der Waals surface area contributed by atoms with Gasteiger partial charge in [0, 0.05) is 0 Å². The van der Waals surface area contributed by atoms with Gasteiger partial charge < -0.3 is 5.11 Å². The van der Waals surface area contributed by atoms with E-state index < -0.39 is 0 Å². The average molecular weight is 152 g/mol. The molecule has 1 aromatic carbocycles. The van der Waals surface area contributed by atoms with Crippen LogP contribution in [0.2, 0.25) is 0 Å². The van der Waals surface area contributed by atoms with Crippen molar-refractivity contribution in [3.05, 3.63) is 49.1 Å². The molecule has 0 spiro atoms. The Labute approximate surface area is 69.0 Å². The van der Waals surface area contributed by atoms with Crippen molar-refractivity contribution < 1.29 is 5.11 Å². The lowest BCUT2D eigenvalue weighted by atomic mass is 10.2. The highest BCUT2D eigenvalue weighted by atomic mass is 16.3. The smallest absolute Gasteiger partial charge is 0.0681 e. The first-order valence-electron chi connectivity index (χ1n) is 3.08. The van der Waals surface area contributed by atoms with Gasteiger partial charge in [0.2, 0.25) is 0 Å². The van der Waals surface area contributed by atoms with Gasteiger partial charge in [0.05, 0.1) is 6.61 Å². The topological polar surface area (TPSA) is 20.2 Å². The van der Waals surface area contributed by atoms with Crippen molar-refractivity contribution in [1.82, 2.24) is 0 Å². The number of benzene rings is 1. The Balaban J connectivity index is 0. The van der Waals surface area contributed by atoms with Crippen molar-refractivity contribution in [2.45, 2.75) is 14.0 Å². The van der Waals surface area contributed by atoms with Crippen LogP contribution in [0.3, 0.4) is 0 Å². The lowest BCUT2D eigenvalue weighted by Crippen LogP contribution is -1.77. The summed E-state index contributed by atoms with van der Waals surface area (Å²) in [5.74, 6) is 0. The largest absolute Gasteiger partial charge is 0.392 e. The summed E-state index contributed by atoms with van der Waals surface area (Å²) in [6, 6.07) is 9.52. The second kappa shape index (κ2) is 8.92. The van der Waals surface area contributed by atoms with E-state index >= 15 is 0 Å². The van der Waals surface area contributed by atoms with E-state index in [1.165, 1.54) is 0 Å². The predicted octanol–water partition coefficient (Wildman–Crippen LogP) is 2.62. The van der Waals surface area contributed by atoms with Gasteiger partial charge in [-0.05, 0) is 5.56 Å². The van der Waals surface area contributed by atoms with Crippen LogP contribution in [0.1, 0.15) is 13.0 Å². The summed E-state index contributed by atoms with van der Waals surface area (Å²) >= 11 is 0. The van der Waals surface area contributed by atoms with E-state index in [4.69, 9.17) is 5.11 Å². The van der Waals surface area contributed by atoms with Crippen LogP contribution in [0, 0.1) is 0 Å². The van der Waals surface area contributed by atoms with Gasteiger partial charge in [-0.1, -0.05) is 37.8 Å². The fourth-order valence-electron chi connectivity index (χ4n) is 0.583. The fraction of sp³-hybridized carbons (Fsp3) is 0.200. The van der Waals surface area contributed by atoms with Gasteiger partial charge >= 0.3 is 0 Å². The molecule has 0 bridgehead atoms. The Morgan fingerprint density at radius 3 is 1.82 bits per heavy atom.